The van der Waals surface area contributed by atoms with Crippen molar-refractivity contribution in [3.05, 3.63) is 42.0 Å². The fourth-order valence-electron chi connectivity index (χ4n) is 3.88. The number of hydrogen-bond donors (Lipinski definition) is 1. The summed E-state index contributed by atoms with van der Waals surface area (Å²) in [5, 5.41) is 2.93. The molecule has 1 N–H and O–H groups in total. The maximum atomic E-state index is 12.9. The Bertz CT molecular complexity index is 1060. The van der Waals surface area contributed by atoms with Crippen LogP contribution >= 0.6 is 0 Å². The van der Waals surface area contributed by atoms with Crippen LogP contribution in [0.1, 0.15) is 18.4 Å². The lowest BCUT2D eigenvalue weighted by Gasteiger charge is -2.30. The molecular weight excluding hydrogens is 448 g/mol. The number of hydrogen-bond acceptors (Lipinski definition) is 7. The first-order valence-electron chi connectivity index (χ1n) is 10.6. The number of carbonyl (C=O) groups excluding carboxylic acids is 1. The fourth-order valence-corrected chi connectivity index (χ4v) is 5.35. The molecule has 3 rings (SSSR count). The summed E-state index contributed by atoms with van der Waals surface area (Å²) in [6.07, 6.45) is 0.897. The van der Waals surface area contributed by atoms with Crippen molar-refractivity contribution in [2.75, 3.05) is 41.5 Å². The molecule has 0 aliphatic carbocycles. The summed E-state index contributed by atoms with van der Waals surface area (Å²) in [7, 11) is 2.51. The first kappa shape index (κ1) is 24.7. The molecule has 0 bridgehead atoms. The zero-order valence-electron chi connectivity index (χ0n) is 19.3. The molecule has 0 aromatic heterocycles. The van der Waals surface area contributed by atoms with Crippen molar-refractivity contribution >= 4 is 15.9 Å². The van der Waals surface area contributed by atoms with Gasteiger partial charge in [0, 0.05) is 31.1 Å². The quantitative estimate of drug-likeness (QED) is 0.590. The maximum absolute atomic E-state index is 12.9. The van der Waals surface area contributed by atoms with Crippen molar-refractivity contribution in [2.24, 2.45) is 5.92 Å². The number of nitrogens with one attached hydrogen (secondary N) is 1. The molecule has 0 unspecified atom stereocenters. The molecule has 1 saturated heterocycles. The van der Waals surface area contributed by atoms with Crippen molar-refractivity contribution in [1.82, 2.24) is 9.62 Å². The van der Waals surface area contributed by atoms with Crippen molar-refractivity contribution in [3.8, 4) is 23.0 Å². The average Bonchev–Trinajstić information content (AvgIpc) is 2.86. The number of methoxy groups -OCH3 is 4. The SMILES string of the molecule is COc1ccc(S(=O)(=O)N2CCC(C(=O)NCc3ccc(OC)c(OC)c3OC)CC2)cc1. The van der Waals surface area contributed by atoms with Crippen molar-refractivity contribution < 1.29 is 32.2 Å². The van der Waals surface area contributed by atoms with Crippen LogP contribution in [0.15, 0.2) is 41.3 Å². The zero-order valence-corrected chi connectivity index (χ0v) is 20.1. The summed E-state index contributed by atoms with van der Waals surface area (Å²) in [5.74, 6) is 1.71. The van der Waals surface area contributed by atoms with E-state index in [0.29, 0.717) is 35.8 Å². The lowest BCUT2D eigenvalue weighted by atomic mass is 9.97. The normalized spacial score (nSPS) is 15.0. The summed E-state index contributed by atoms with van der Waals surface area (Å²) in [4.78, 5) is 13.0. The Morgan fingerprint density at radius 2 is 1.55 bits per heavy atom. The summed E-state index contributed by atoms with van der Waals surface area (Å²) in [6, 6.07) is 9.87. The van der Waals surface area contributed by atoms with Crippen molar-refractivity contribution in [3.63, 3.8) is 0 Å². The molecule has 1 heterocycles. The molecule has 0 atom stereocenters. The number of sulfonamides is 1. The first-order chi connectivity index (χ1) is 15.8. The lowest BCUT2D eigenvalue weighted by Crippen LogP contribution is -2.42. The van der Waals surface area contributed by atoms with E-state index in [9.17, 15) is 13.2 Å². The fraction of sp³-hybridized carbons (Fsp3) is 0.435. The van der Waals surface area contributed by atoms with Crippen LogP contribution in [-0.4, -0.2) is 60.2 Å². The van der Waals surface area contributed by atoms with Gasteiger partial charge < -0.3 is 24.3 Å². The van der Waals surface area contributed by atoms with E-state index in [4.69, 9.17) is 18.9 Å². The summed E-state index contributed by atoms with van der Waals surface area (Å²) in [5.41, 5.74) is 0.753. The van der Waals surface area contributed by atoms with Gasteiger partial charge in [0.15, 0.2) is 11.5 Å². The van der Waals surface area contributed by atoms with E-state index in [2.05, 4.69) is 5.32 Å². The lowest BCUT2D eigenvalue weighted by molar-refractivity contribution is -0.126. The molecule has 1 fully saturated rings. The number of benzene rings is 2. The molecule has 33 heavy (non-hydrogen) atoms. The zero-order chi connectivity index (χ0) is 24.0. The largest absolute Gasteiger partial charge is 0.497 e. The predicted octanol–water partition coefficient (Wildman–Crippen LogP) is 2.44. The first-order valence-corrected chi connectivity index (χ1v) is 12.0. The van der Waals surface area contributed by atoms with Gasteiger partial charge in [-0.1, -0.05) is 0 Å². The van der Waals surface area contributed by atoms with Crippen molar-refractivity contribution in [2.45, 2.75) is 24.3 Å². The highest BCUT2D eigenvalue weighted by molar-refractivity contribution is 7.89. The van der Waals surface area contributed by atoms with Gasteiger partial charge in [-0.05, 0) is 49.2 Å². The minimum absolute atomic E-state index is 0.117. The van der Waals surface area contributed by atoms with Crippen molar-refractivity contribution in [1.29, 1.82) is 0 Å². The van der Waals surface area contributed by atoms with Gasteiger partial charge in [0.25, 0.3) is 0 Å². The Balaban J connectivity index is 1.60. The van der Waals surface area contributed by atoms with E-state index >= 15 is 0 Å². The van der Waals surface area contributed by atoms with Crippen LogP contribution in [0.3, 0.4) is 0 Å². The number of piperidine rings is 1. The van der Waals surface area contributed by atoms with E-state index in [1.165, 1.54) is 37.8 Å². The summed E-state index contributed by atoms with van der Waals surface area (Å²) < 4.78 is 48.5. The number of ether oxygens (including phenoxy) is 4. The number of carbonyl (C=O) groups is 1. The van der Waals surface area contributed by atoms with Gasteiger partial charge in [-0.3, -0.25) is 4.79 Å². The molecule has 2 aromatic rings. The van der Waals surface area contributed by atoms with Crippen LogP contribution < -0.4 is 24.3 Å². The van der Waals surface area contributed by atoms with Gasteiger partial charge in [0.05, 0.1) is 33.3 Å². The van der Waals surface area contributed by atoms with E-state index in [0.717, 1.165) is 5.56 Å². The predicted molar refractivity (Wildman–Crippen MR) is 122 cm³/mol. The molecule has 10 heteroatoms. The third-order valence-corrected chi connectivity index (χ3v) is 7.67. The molecule has 1 amide bonds. The van der Waals surface area contributed by atoms with Gasteiger partial charge >= 0.3 is 0 Å². The highest BCUT2D eigenvalue weighted by Gasteiger charge is 2.32. The highest BCUT2D eigenvalue weighted by atomic mass is 32.2. The Hall–Kier alpha value is -2.98. The molecule has 0 spiro atoms. The van der Waals surface area contributed by atoms with Gasteiger partial charge in [-0.25, -0.2) is 8.42 Å². The molecule has 1 aliphatic heterocycles. The van der Waals surface area contributed by atoms with Gasteiger partial charge in [0.2, 0.25) is 21.7 Å². The summed E-state index contributed by atoms with van der Waals surface area (Å²) >= 11 is 0. The molecular formula is C23H30N2O7S. The van der Waals surface area contributed by atoms with Crippen LogP contribution in [0.5, 0.6) is 23.0 Å². The summed E-state index contributed by atoms with van der Waals surface area (Å²) in [6.45, 7) is 0.824. The second-order valence-corrected chi connectivity index (χ2v) is 9.50. The standard InChI is InChI=1S/C23H30N2O7S/c1-29-18-6-8-19(9-7-18)33(27,28)25-13-11-16(12-14-25)23(26)24-15-17-5-10-20(30-2)22(32-4)21(17)31-3/h5-10,16H,11-15H2,1-4H3,(H,24,26). The van der Waals surface area contributed by atoms with Gasteiger partial charge in [0.1, 0.15) is 5.75 Å². The Morgan fingerprint density at radius 1 is 0.909 bits per heavy atom. The molecule has 9 nitrogen and oxygen atoms in total. The van der Waals surface area contributed by atoms with E-state index in [1.54, 1.807) is 25.3 Å². The van der Waals surface area contributed by atoms with E-state index in [-0.39, 0.29) is 36.4 Å². The van der Waals surface area contributed by atoms with Gasteiger partial charge in [-0.2, -0.15) is 4.31 Å². The molecule has 180 valence electrons. The average molecular weight is 479 g/mol. The third-order valence-electron chi connectivity index (χ3n) is 5.76. The maximum Gasteiger partial charge on any atom is 0.243 e. The number of rotatable bonds is 9. The minimum atomic E-state index is -3.61. The van der Waals surface area contributed by atoms with Crippen LogP contribution in [0.4, 0.5) is 0 Å². The Morgan fingerprint density at radius 3 is 2.09 bits per heavy atom. The van der Waals surface area contributed by atoms with Crippen LogP contribution in [0.2, 0.25) is 0 Å². The topological polar surface area (TPSA) is 103 Å². The van der Waals surface area contributed by atoms with Gasteiger partial charge in [-0.15, -0.1) is 0 Å². The van der Waals surface area contributed by atoms with Crippen LogP contribution in [-0.2, 0) is 21.4 Å². The molecule has 0 radical (unpaired) electrons. The van der Waals surface area contributed by atoms with E-state index in [1.807, 2.05) is 6.07 Å². The Kier molecular flexibility index (Phi) is 8.04. The van der Waals surface area contributed by atoms with E-state index < -0.39 is 10.0 Å². The second-order valence-electron chi connectivity index (χ2n) is 7.57. The number of amides is 1. The molecule has 0 saturated carbocycles. The third kappa shape index (κ3) is 5.33. The van der Waals surface area contributed by atoms with Crippen LogP contribution in [0.25, 0.3) is 0 Å². The second kappa shape index (κ2) is 10.8. The highest BCUT2D eigenvalue weighted by Crippen LogP contribution is 2.39. The molecule has 1 aliphatic rings. The van der Waals surface area contributed by atoms with Crippen LogP contribution in [0, 0.1) is 5.92 Å². The molecule has 2 aromatic carbocycles. The minimum Gasteiger partial charge on any atom is -0.497 e. The smallest absolute Gasteiger partial charge is 0.243 e. The monoisotopic (exact) mass is 478 g/mol. The number of nitrogens with zero attached hydrogens (tertiary/aromatic N) is 1. The Labute approximate surface area is 194 Å².